The highest BCUT2D eigenvalue weighted by molar-refractivity contribution is 5.97. The van der Waals surface area contributed by atoms with Crippen LogP contribution in [0.5, 0.6) is 0 Å². The number of rotatable bonds is 6. The van der Waals surface area contributed by atoms with Crippen LogP contribution in [0.3, 0.4) is 0 Å². The Morgan fingerprint density at radius 3 is 2.27 bits per heavy atom. The molecule has 1 unspecified atom stereocenters. The number of nitrogens with one attached hydrogen (secondary N) is 1. The van der Waals surface area contributed by atoms with E-state index in [1.54, 1.807) is 6.92 Å². The summed E-state index contributed by atoms with van der Waals surface area (Å²) in [7, 11) is 2.07. The zero-order valence-corrected chi connectivity index (χ0v) is 16.8. The van der Waals surface area contributed by atoms with Crippen molar-refractivity contribution in [3.05, 3.63) is 29.8 Å². The van der Waals surface area contributed by atoms with E-state index in [1.807, 2.05) is 36.1 Å². The topological polar surface area (TPSA) is 78.7 Å². The summed E-state index contributed by atoms with van der Waals surface area (Å²) in [5.74, 6) is -0.0297. The standard InChI is InChI=1S/C19H30N4O2.ClH/c1-4-9-19(2,20)18(25)21-16-7-5-15(6-8-16)14-17(24)23-12-10-22(3)11-13-23;/h5-8H,4,9-14,20H2,1-3H3,(H,21,25);1H. The number of piperazine rings is 1. The van der Waals surface area contributed by atoms with E-state index < -0.39 is 5.54 Å². The highest BCUT2D eigenvalue weighted by Gasteiger charge is 2.27. The fourth-order valence-corrected chi connectivity index (χ4v) is 2.95. The van der Waals surface area contributed by atoms with Crippen LogP contribution in [0.1, 0.15) is 32.3 Å². The second-order valence-electron chi connectivity index (χ2n) is 7.18. The van der Waals surface area contributed by atoms with Crippen molar-refractivity contribution in [1.29, 1.82) is 0 Å². The van der Waals surface area contributed by atoms with Gasteiger partial charge < -0.3 is 20.9 Å². The molecule has 1 aliphatic heterocycles. The van der Waals surface area contributed by atoms with Crippen LogP contribution in [-0.4, -0.2) is 60.4 Å². The van der Waals surface area contributed by atoms with Gasteiger partial charge in [0.25, 0.3) is 0 Å². The summed E-state index contributed by atoms with van der Waals surface area (Å²) in [6, 6.07) is 7.42. The molecule has 0 radical (unpaired) electrons. The van der Waals surface area contributed by atoms with E-state index in [2.05, 4.69) is 17.3 Å². The first kappa shape index (κ1) is 22.4. The molecule has 2 rings (SSSR count). The number of hydrogen-bond acceptors (Lipinski definition) is 4. The molecule has 6 nitrogen and oxygen atoms in total. The Balaban J connectivity index is 0.00000338. The molecule has 1 saturated heterocycles. The van der Waals surface area contributed by atoms with E-state index in [1.165, 1.54) is 0 Å². The number of carbonyl (C=O) groups excluding carboxylic acids is 2. The van der Waals surface area contributed by atoms with Crippen LogP contribution in [0.15, 0.2) is 24.3 Å². The predicted molar refractivity (Wildman–Crippen MR) is 108 cm³/mol. The van der Waals surface area contributed by atoms with Crippen molar-refractivity contribution in [2.45, 2.75) is 38.6 Å². The van der Waals surface area contributed by atoms with Crippen molar-refractivity contribution in [1.82, 2.24) is 9.80 Å². The molecule has 0 bridgehead atoms. The third-order valence-corrected chi connectivity index (χ3v) is 4.71. The monoisotopic (exact) mass is 382 g/mol. The first-order valence-corrected chi connectivity index (χ1v) is 8.97. The minimum absolute atomic E-state index is 0. The number of likely N-dealkylation sites (N-methyl/N-ethyl adjacent to an activating group) is 1. The Morgan fingerprint density at radius 1 is 1.15 bits per heavy atom. The molecule has 0 spiro atoms. The zero-order chi connectivity index (χ0) is 18.4. The Kier molecular flexibility index (Phi) is 8.53. The third-order valence-electron chi connectivity index (χ3n) is 4.71. The smallest absolute Gasteiger partial charge is 0.244 e. The Bertz CT molecular complexity index is 596. The number of halogens is 1. The maximum atomic E-state index is 12.4. The second-order valence-corrected chi connectivity index (χ2v) is 7.18. The number of nitrogens with two attached hydrogens (primary N) is 1. The van der Waals surface area contributed by atoms with E-state index in [0.717, 1.165) is 38.2 Å². The number of nitrogens with zero attached hydrogens (tertiary/aromatic N) is 2. The van der Waals surface area contributed by atoms with Crippen LogP contribution in [0, 0.1) is 0 Å². The van der Waals surface area contributed by atoms with Crippen LogP contribution >= 0.6 is 12.4 Å². The lowest BCUT2D eigenvalue weighted by Crippen LogP contribution is -2.48. The number of carbonyl (C=O) groups is 2. The molecule has 146 valence electrons. The maximum Gasteiger partial charge on any atom is 0.244 e. The van der Waals surface area contributed by atoms with E-state index in [0.29, 0.717) is 18.5 Å². The van der Waals surface area contributed by atoms with Crippen molar-refractivity contribution in [2.75, 3.05) is 38.5 Å². The highest BCUT2D eigenvalue weighted by Crippen LogP contribution is 2.15. The van der Waals surface area contributed by atoms with Crippen LogP contribution < -0.4 is 11.1 Å². The SMILES string of the molecule is CCCC(C)(N)C(=O)Nc1ccc(CC(=O)N2CCN(C)CC2)cc1.Cl. The van der Waals surface area contributed by atoms with Crippen LogP contribution in [0.4, 0.5) is 5.69 Å². The molecule has 1 heterocycles. The average Bonchev–Trinajstić information content (AvgIpc) is 2.57. The summed E-state index contributed by atoms with van der Waals surface area (Å²) in [6.07, 6.45) is 1.88. The molecule has 0 saturated carbocycles. The van der Waals surface area contributed by atoms with Gasteiger partial charge in [0.2, 0.25) is 11.8 Å². The van der Waals surface area contributed by atoms with Gasteiger partial charge in [0.15, 0.2) is 0 Å². The number of amides is 2. The van der Waals surface area contributed by atoms with E-state index in [4.69, 9.17) is 5.73 Å². The maximum absolute atomic E-state index is 12.4. The average molecular weight is 383 g/mol. The molecule has 1 aliphatic rings. The van der Waals surface area contributed by atoms with Crippen molar-refractivity contribution in [3.8, 4) is 0 Å². The summed E-state index contributed by atoms with van der Waals surface area (Å²) >= 11 is 0. The van der Waals surface area contributed by atoms with Crippen LogP contribution in [0.2, 0.25) is 0 Å². The van der Waals surface area contributed by atoms with Gasteiger partial charge >= 0.3 is 0 Å². The largest absolute Gasteiger partial charge is 0.340 e. The Morgan fingerprint density at radius 2 is 1.73 bits per heavy atom. The first-order valence-electron chi connectivity index (χ1n) is 8.97. The lowest BCUT2D eigenvalue weighted by molar-refractivity contribution is -0.132. The van der Waals surface area contributed by atoms with E-state index >= 15 is 0 Å². The van der Waals surface area contributed by atoms with Crippen molar-refractivity contribution in [3.63, 3.8) is 0 Å². The summed E-state index contributed by atoms with van der Waals surface area (Å²) < 4.78 is 0. The number of benzene rings is 1. The Hall–Kier alpha value is -1.63. The predicted octanol–water partition coefficient (Wildman–Crippen LogP) is 1.88. The molecule has 0 aromatic heterocycles. The van der Waals surface area contributed by atoms with Gasteiger partial charge in [0.1, 0.15) is 0 Å². The van der Waals surface area contributed by atoms with Gasteiger partial charge in [-0.1, -0.05) is 25.5 Å². The van der Waals surface area contributed by atoms with E-state index in [-0.39, 0.29) is 24.2 Å². The van der Waals surface area contributed by atoms with Crippen LogP contribution in [0.25, 0.3) is 0 Å². The third kappa shape index (κ3) is 6.27. The molecule has 7 heteroatoms. The fourth-order valence-electron chi connectivity index (χ4n) is 2.95. The van der Waals surface area contributed by atoms with Crippen molar-refractivity contribution in [2.24, 2.45) is 5.73 Å². The van der Waals surface area contributed by atoms with Gasteiger partial charge in [0, 0.05) is 31.9 Å². The molecule has 1 aromatic carbocycles. The lowest BCUT2D eigenvalue weighted by Gasteiger charge is -2.32. The summed E-state index contributed by atoms with van der Waals surface area (Å²) in [5, 5.41) is 2.85. The number of hydrogen-bond donors (Lipinski definition) is 2. The fraction of sp³-hybridized carbons (Fsp3) is 0.579. The Labute approximate surface area is 162 Å². The minimum atomic E-state index is -0.870. The molecule has 1 atom stereocenters. The molecule has 26 heavy (non-hydrogen) atoms. The summed E-state index contributed by atoms with van der Waals surface area (Å²) in [6.45, 7) is 7.17. The lowest BCUT2D eigenvalue weighted by atomic mass is 9.96. The van der Waals surface area contributed by atoms with Crippen molar-refractivity contribution >= 4 is 29.9 Å². The van der Waals surface area contributed by atoms with Gasteiger partial charge in [-0.3, -0.25) is 9.59 Å². The van der Waals surface area contributed by atoms with Gasteiger partial charge in [-0.15, -0.1) is 12.4 Å². The second kappa shape index (κ2) is 9.90. The van der Waals surface area contributed by atoms with Gasteiger partial charge in [0.05, 0.1) is 12.0 Å². The molecule has 3 N–H and O–H groups in total. The zero-order valence-electron chi connectivity index (χ0n) is 16.0. The summed E-state index contributed by atoms with van der Waals surface area (Å²) in [5.41, 5.74) is 6.82. The quantitative estimate of drug-likeness (QED) is 0.787. The van der Waals surface area contributed by atoms with Gasteiger partial charge in [-0.2, -0.15) is 0 Å². The normalized spacial score (nSPS) is 17.2. The molecule has 1 aromatic rings. The van der Waals surface area contributed by atoms with E-state index in [9.17, 15) is 9.59 Å². The molecular formula is C19H31ClN4O2. The van der Waals surface area contributed by atoms with Gasteiger partial charge in [-0.05, 0) is 38.1 Å². The first-order chi connectivity index (χ1) is 11.8. The molecule has 2 amide bonds. The molecule has 0 aliphatic carbocycles. The summed E-state index contributed by atoms with van der Waals surface area (Å²) in [4.78, 5) is 28.7. The van der Waals surface area contributed by atoms with Crippen LogP contribution in [-0.2, 0) is 16.0 Å². The van der Waals surface area contributed by atoms with Crippen molar-refractivity contribution < 1.29 is 9.59 Å². The molecule has 1 fully saturated rings. The van der Waals surface area contributed by atoms with Gasteiger partial charge in [-0.25, -0.2) is 0 Å². The number of anilines is 1. The highest BCUT2D eigenvalue weighted by atomic mass is 35.5. The minimum Gasteiger partial charge on any atom is -0.340 e. The molecular weight excluding hydrogens is 352 g/mol.